The highest BCUT2D eigenvalue weighted by molar-refractivity contribution is 7.99. The molecule has 1 amide bonds. The predicted molar refractivity (Wildman–Crippen MR) is 87.6 cm³/mol. The van der Waals surface area contributed by atoms with E-state index in [-0.39, 0.29) is 17.7 Å². The predicted octanol–water partition coefficient (Wildman–Crippen LogP) is 3.30. The molecule has 22 heavy (non-hydrogen) atoms. The summed E-state index contributed by atoms with van der Waals surface area (Å²) in [5, 5.41) is 11.4. The molecule has 0 saturated heterocycles. The zero-order valence-corrected chi connectivity index (χ0v) is 14.1. The average molecular weight is 319 g/mol. The Labute approximate surface area is 134 Å². The van der Waals surface area contributed by atoms with Crippen LogP contribution in [0.1, 0.15) is 26.3 Å². The lowest BCUT2D eigenvalue weighted by Crippen LogP contribution is -2.37. The van der Waals surface area contributed by atoms with Gasteiger partial charge in [-0.25, -0.2) is 0 Å². The molecule has 1 aromatic carbocycles. The van der Waals surface area contributed by atoms with Gasteiger partial charge in [-0.15, -0.1) is 10.2 Å². The van der Waals surface area contributed by atoms with Crippen molar-refractivity contribution in [2.75, 3.05) is 5.75 Å². The maximum absolute atomic E-state index is 11.8. The zero-order chi connectivity index (χ0) is 16.1. The minimum absolute atomic E-state index is 0.0261. The molecule has 0 unspecified atom stereocenters. The lowest BCUT2D eigenvalue weighted by molar-refractivity contribution is -0.119. The Morgan fingerprint density at radius 1 is 1.27 bits per heavy atom. The molecule has 0 aliphatic carbocycles. The van der Waals surface area contributed by atoms with Crippen molar-refractivity contribution in [3.05, 3.63) is 29.8 Å². The molecule has 5 nitrogen and oxygen atoms in total. The van der Waals surface area contributed by atoms with Gasteiger partial charge < -0.3 is 9.73 Å². The summed E-state index contributed by atoms with van der Waals surface area (Å²) in [5.74, 6) is 1.13. The third kappa shape index (κ3) is 4.34. The highest BCUT2D eigenvalue weighted by Gasteiger charge is 2.14. The van der Waals surface area contributed by atoms with E-state index in [4.69, 9.17) is 4.42 Å². The Morgan fingerprint density at radius 3 is 2.68 bits per heavy atom. The van der Waals surface area contributed by atoms with E-state index in [1.54, 1.807) is 0 Å². The fourth-order valence-electron chi connectivity index (χ4n) is 1.78. The molecule has 1 N–H and O–H groups in total. The first-order valence-electron chi connectivity index (χ1n) is 7.29. The molecule has 2 rings (SSSR count). The van der Waals surface area contributed by atoms with Gasteiger partial charge in [-0.2, -0.15) is 0 Å². The summed E-state index contributed by atoms with van der Waals surface area (Å²) < 4.78 is 5.61. The topological polar surface area (TPSA) is 68.0 Å². The summed E-state index contributed by atoms with van der Waals surface area (Å²) in [7, 11) is 0. The second-order valence-electron chi connectivity index (χ2n) is 5.58. The maximum atomic E-state index is 11.8. The van der Waals surface area contributed by atoms with Gasteiger partial charge in [0.05, 0.1) is 5.75 Å². The molecule has 0 saturated carbocycles. The van der Waals surface area contributed by atoms with Crippen molar-refractivity contribution in [2.45, 2.75) is 39.0 Å². The third-order valence-corrected chi connectivity index (χ3v) is 4.32. The van der Waals surface area contributed by atoms with E-state index in [1.165, 1.54) is 11.8 Å². The quantitative estimate of drug-likeness (QED) is 0.827. The van der Waals surface area contributed by atoms with Crippen LogP contribution in [-0.4, -0.2) is 27.9 Å². The average Bonchev–Trinajstić information content (AvgIpc) is 2.94. The molecular weight excluding hydrogens is 298 g/mol. The van der Waals surface area contributed by atoms with E-state index in [1.807, 2.05) is 38.1 Å². The fourth-order valence-corrected chi connectivity index (χ4v) is 2.35. The first kappa shape index (κ1) is 16.5. The van der Waals surface area contributed by atoms with Crippen molar-refractivity contribution in [1.82, 2.24) is 15.5 Å². The Balaban J connectivity index is 1.93. The van der Waals surface area contributed by atoms with Gasteiger partial charge in [0.25, 0.3) is 5.22 Å². The van der Waals surface area contributed by atoms with Crippen molar-refractivity contribution < 1.29 is 9.21 Å². The van der Waals surface area contributed by atoms with Crippen LogP contribution >= 0.6 is 11.8 Å². The van der Waals surface area contributed by atoms with Gasteiger partial charge >= 0.3 is 0 Å². The Hall–Kier alpha value is -1.82. The van der Waals surface area contributed by atoms with Crippen LogP contribution in [-0.2, 0) is 4.79 Å². The smallest absolute Gasteiger partial charge is 0.277 e. The van der Waals surface area contributed by atoms with Crippen LogP contribution < -0.4 is 5.32 Å². The summed E-state index contributed by atoms with van der Waals surface area (Å²) in [6, 6.07) is 7.98. The van der Waals surface area contributed by atoms with Gasteiger partial charge in [-0.3, -0.25) is 4.79 Å². The third-order valence-electron chi connectivity index (χ3n) is 3.50. The van der Waals surface area contributed by atoms with Crippen molar-refractivity contribution in [2.24, 2.45) is 5.92 Å². The monoisotopic (exact) mass is 319 g/mol. The van der Waals surface area contributed by atoms with Crippen molar-refractivity contribution in [1.29, 1.82) is 0 Å². The van der Waals surface area contributed by atoms with Crippen LogP contribution in [0.25, 0.3) is 11.5 Å². The summed E-state index contributed by atoms with van der Waals surface area (Å²) in [5.41, 5.74) is 1.99. The van der Waals surface area contributed by atoms with Crippen LogP contribution in [0.3, 0.4) is 0 Å². The molecule has 6 heteroatoms. The van der Waals surface area contributed by atoms with Crippen LogP contribution in [0, 0.1) is 12.8 Å². The Kier molecular flexibility index (Phi) is 5.60. The summed E-state index contributed by atoms with van der Waals surface area (Å²) in [6.07, 6.45) is 0. The normalized spacial score (nSPS) is 12.4. The number of carbonyl (C=O) groups excluding carboxylic acids is 1. The molecule has 1 heterocycles. The molecule has 1 aromatic heterocycles. The highest BCUT2D eigenvalue weighted by Crippen LogP contribution is 2.25. The van der Waals surface area contributed by atoms with Crippen LogP contribution in [0.2, 0.25) is 0 Å². The minimum atomic E-state index is -0.0261. The number of aromatic nitrogens is 2. The van der Waals surface area contributed by atoms with E-state index >= 15 is 0 Å². The van der Waals surface area contributed by atoms with E-state index < -0.39 is 0 Å². The molecule has 0 fully saturated rings. The van der Waals surface area contributed by atoms with Gasteiger partial charge in [-0.1, -0.05) is 43.8 Å². The van der Waals surface area contributed by atoms with Crippen LogP contribution in [0.5, 0.6) is 0 Å². The summed E-state index contributed by atoms with van der Waals surface area (Å²) in [4.78, 5) is 11.8. The first-order valence-corrected chi connectivity index (χ1v) is 8.27. The lowest BCUT2D eigenvalue weighted by Gasteiger charge is -2.16. The second-order valence-corrected chi connectivity index (χ2v) is 6.50. The van der Waals surface area contributed by atoms with Gasteiger partial charge in [-0.05, 0) is 31.4 Å². The first-order chi connectivity index (χ1) is 10.5. The Morgan fingerprint density at radius 2 is 2.00 bits per heavy atom. The molecule has 0 bridgehead atoms. The number of nitrogens with one attached hydrogen (secondary N) is 1. The zero-order valence-electron chi connectivity index (χ0n) is 13.3. The van der Waals surface area contributed by atoms with E-state index in [0.717, 1.165) is 11.1 Å². The number of carbonyl (C=O) groups is 1. The summed E-state index contributed by atoms with van der Waals surface area (Å²) in [6.45, 7) is 8.14. The molecule has 0 spiro atoms. The van der Waals surface area contributed by atoms with Gasteiger partial charge in [0.1, 0.15) is 0 Å². The van der Waals surface area contributed by atoms with Gasteiger partial charge in [0.2, 0.25) is 11.8 Å². The number of hydrogen-bond acceptors (Lipinski definition) is 5. The van der Waals surface area contributed by atoms with Crippen molar-refractivity contribution in [3.63, 3.8) is 0 Å². The van der Waals surface area contributed by atoms with Gasteiger partial charge in [0.15, 0.2) is 0 Å². The number of aryl methyl sites for hydroxylation is 1. The fraction of sp³-hybridized carbons (Fsp3) is 0.438. The largest absolute Gasteiger partial charge is 0.411 e. The number of amides is 1. The number of benzene rings is 1. The molecule has 0 aliphatic rings. The van der Waals surface area contributed by atoms with Gasteiger partial charge in [0, 0.05) is 11.6 Å². The Bertz CT molecular complexity index is 640. The number of thioether (sulfide) groups is 1. The van der Waals surface area contributed by atoms with Crippen LogP contribution in [0.4, 0.5) is 0 Å². The second kappa shape index (κ2) is 7.45. The standard InChI is InChI=1S/C16H21N3O2S/c1-10(2)12(4)17-14(20)9-22-16-19-18-15(21-16)13-8-6-5-7-11(13)3/h5-8,10,12H,9H2,1-4H3,(H,17,20)/t12-/m1/s1. The number of hydrogen-bond donors (Lipinski definition) is 1. The molecular formula is C16H21N3O2S. The van der Waals surface area contributed by atoms with E-state index in [0.29, 0.717) is 17.0 Å². The van der Waals surface area contributed by atoms with Crippen LogP contribution in [0.15, 0.2) is 33.9 Å². The maximum Gasteiger partial charge on any atom is 0.277 e. The molecule has 118 valence electrons. The van der Waals surface area contributed by atoms with Crippen molar-refractivity contribution in [3.8, 4) is 11.5 Å². The van der Waals surface area contributed by atoms with E-state index in [9.17, 15) is 4.79 Å². The molecule has 0 aliphatic heterocycles. The van der Waals surface area contributed by atoms with E-state index in [2.05, 4.69) is 29.4 Å². The molecule has 0 radical (unpaired) electrons. The lowest BCUT2D eigenvalue weighted by atomic mass is 10.1. The molecule has 1 atom stereocenters. The SMILES string of the molecule is Cc1ccccc1-c1nnc(SCC(=O)N[C@H](C)C(C)C)o1. The minimum Gasteiger partial charge on any atom is -0.411 e. The number of rotatable bonds is 6. The van der Waals surface area contributed by atoms with Crippen molar-refractivity contribution >= 4 is 17.7 Å². The number of nitrogens with zero attached hydrogens (tertiary/aromatic N) is 2. The molecule has 2 aromatic rings. The summed E-state index contributed by atoms with van der Waals surface area (Å²) >= 11 is 1.25. The highest BCUT2D eigenvalue weighted by atomic mass is 32.2.